The molecule has 6 nitrogen and oxygen atoms in total. The number of carbonyl (C=O) groups is 2. The molecular formula is C15H15Cl2F3N2O4. The zero-order valence-corrected chi connectivity index (χ0v) is 15.1. The van der Waals surface area contributed by atoms with Gasteiger partial charge < -0.3 is 15.2 Å². The number of hydrogen-bond donors (Lipinski definition) is 2. The number of benzene rings is 1. The van der Waals surface area contributed by atoms with E-state index in [9.17, 15) is 27.9 Å². The van der Waals surface area contributed by atoms with Crippen LogP contribution in [0.2, 0.25) is 10.0 Å². The van der Waals surface area contributed by atoms with Crippen LogP contribution in [0.4, 0.5) is 18.0 Å². The first-order chi connectivity index (χ1) is 12.0. The first-order valence-electron chi connectivity index (χ1n) is 7.40. The van der Waals surface area contributed by atoms with Crippen molar-refractivity contribution in [1.29, 1.82) is 0 Å². The van der Waals surface area contributed by atoms with Gasteiger partial charge in [0, 0.05) is 7.05 Å². The molecule has 0 aliphatic carbocycles. The number of rotatable bonds is 3. The molecule has 0 saturated carbocycles. The standard InChI is InChI=1S/C15H15Cl2F3N2O4/c1-3-26-12(23)9-11(7-5-4-6-8(16)10(7)17)21-13(24)22(2)14(9,25)15(18,19)20/h4-6,9,11,25H,3H2,1-2H3,(H,21,24)/t9-,11-,14-/m0/s1. The van der Waals surface area contributed by atoms with Gasteiger partial charge in [-0.05, 0) is 18.6 Å². The molecule has 1 aromatic carbocycles. The van der Waals surface area contributed by atoms with Crippen molar-refractivity contribution >= 4 is 35.2 Å². The van der Waals surface area contributed by atoms with Crippen LogP contribution < -0.4 is 5.32 Å². The highest BCUT2D eigenvalue weighted by Crippen LogP contribution is 2.48. The summed E-state index contributed by atoms with van der Waals surface area (Å²) < 4.78 is 45.9. The number of ether oxygens (including phenoxy) is 1. The van der Waals surface area contributed by atoms with Crippen LogP contribution in [0.25, 0.3) is 0 Å². The molecule has 144 valence electrons. The van der Waals surface area contributed by atoms with E-state index in [1.165, 1.54) is 25.1 Å². The van der Waals surface area contributed by atoms with Gasteiger partial charge in [0.2, 0.25) is 0 Å². The smallest absolute Gasteiger partial charge is 0.437 e. The second-order valence-electron chi connectivity index (χ2n) is 5.58. The fourth-order valence-corrected chi connectivity index (χ4v) is 3.25. The summed E-state index contributed by atoms with van der Waals surface area (Å²) in [5, 5.41) is 12.6. The van der Waals surface area contributed by atoms with Gasteiger partial charge in [0.1, 0.15) is 5.92 Å². The van der Waals surface area contributed by atoms with E-state index >= 15 is 0 Å². The number of alkyl halides is 3. The molecule has 1 saturated heterocycles. The van der Waals surface area contributed by atoms with Crippen molar-refractivity contribution in [2.45, 2.75) is 24.9 Å². The van der Waals surface area contributed by atoms with Crippen LogP contribution in [0.15, 0.2) is 18.2 Å². The van der Waals surface area contributed by atoms with Gasteiger partial charge >= 0.3 is 18.2 Å². The quantitative estimate of drug-likeness (QED) is 0.744. The summed E-state index contributed by atoms with van der Waals surface area (Å²) >= 11 is 11.9. The van der Waals surface area contributed by atoms with Gasteiger partial charge in [0.15, 0.2) is 0 Å². The van der Waals surface area contributed by atoms with Crippen LogP contribution in [-0.2, 0) is 9.53 Å². The molecule has 1 heterocycles. The zero-order chi connectivity index (χ0) is 19.9. The molecule has 0 aromatic heterocycles. The summed E-state index contributed by atoms with van der Waals surface area (Å²) in [5.41, 5.74) is -3.86. The lowest BCUT2D eigenvalue weighted by Crippen LogP contribution is -2.73. The number of halogens is 5. The molecule has 3 atom stereocenters. The molecule has 1 aliphatic heterocycles. The van der Waals surface area contributed by atoms with Gasteiger partial charge in [-0.3, -0.25) is 9.69 Å². The Morgan fingerprint density at radius 1 is 1.42 bits per heavy atom. The summed E-state index contributed by atoms with van der Waals surface area (Å²) in [6.07, 6.45) is -5.35. The number of carbonyl (C=O) groups excluding carboxylic acids is 2. The SMILES string of the molecule is CCOC(=O)[C@@H]1[C@H](c2cccc(Cl)c2Cl)NC(=O)N(C)[C@@]1(O)C(F)(F)F. The maximum absolute atomic E-state index is 13.7. The molecule has 0 bridgehead atoms. The van der Waals surface area contributed by atoms with Gasteiger partial charge in [-0.15, -0.1) is 0 Å². The summed E-state index contributed by atoms with van der Waals surface area (Å²) in [7, 11) is 0.727. The highest BCUT2D eigenvalue weighted by atomic mass is 35.5. The number of aliphatic hydroxyl groups is 1. The number of hydrogen-bond acceptors (Lipinski definition) is 4. The lowest BCUT2D eigenvalue weighted by Gasteiger charge is -2.49. The van der Waals surface area contributed by atoms with Crippen molar-refractivity contribution in [2.24, 2.45) is 5.92 Å². The lowest BCUT2D eigenvalue weighted by atomic mass is 9.81. The fourth-order valence-electron chi connectivity index (χ4n) is 2.83. The van der Waals surface area contributed by atoms with Crippen molar-refractivity contribution < 1.29 is 32.6 Å². The van der Waals surface area contributed by atoms with E-state index in [-0.39, 0.29) is 27.1 Å². The first kappa shape index (κ1) is 20.6. The summed E-state index contributed by atoms with van der Waals surface area (Å²) in [6.45, 7) is 1.17. The van der Waals surface area contributed by atoms with Crippen LogP contribution in [0.1, 0.15) is 18.5 Å². The summed E-state index contributed by atoms with van der Waals surface area (Å²) in [5.74, 6) is -3.58. The zero-order valence-electron chi connectivity index (χ0n) is 13.6. The highest BCUT2D eigenvalue weighted by molar-refractivity contribution is 6.42. The molecule has 0 radical (unpaired) electrons. The molecule has 1 fully saturated rings. The van der Waals surface area contributed by atoms with Crippen LogP contribution >= 0.6 is 23.2 Å². The third kappa shape index (κ3) is 3.19. The number of urea groups is 1. The number of amides is 2. The largest absolute Gasteiger partial charge is 0.466 e. The van der Waals surface area contributed by atoms with Gasteiger partial charge in [-0.25, -0.2) is 4.79 Å². The molecular weight excluding hydrogens is 400 g/mol. The first-order valence-corrected chi connectivity index (χ1v) is 8.16. The van der Waals surface area contributed by atoms with Gasteiger partial charge in [-0.1, -0.05) is 35.3 Å². The summed E-state index contributed by atoms with van der Waals surface area (Å²) in [6, 6.07) is 1.22. The van der Waals surface area contributed by atoms with E-state index in [4.69, 9.17) is 27.9 Å². The topological polar surface area (TPSA) is 78.9 Å². The Kier molecular flexibility index (Phi) is 5.65. The van der Waals surface area contributed by atoms with Gasteiger partial charge in [0.05, 0.1) is 22.7 Å². The van der Waals surface area contributed by atoms with Gasteiger partial charge in [0.25, 0.3) is 5.72 Å². The monoisotopic (exact) mass is 414 g/mol. The van der Waals surface area contributed by atoms with E-state index < -0.39 is 35.9 Å². The number of nitrogens with zero attached hydrogens (tertiary/aromatic N) is 1. The molecule has 26 heavy (non-hydrogen) atoms. The normalized spacial score (nSPS) is 26.5. The van der Waals surface area contributed by atoms with Crippen LogP contribution in [0.5, 0.6) is 0 Å². The molecule has 0 spiro atoms. The Bertz CT molecular complexity index is 731. The van der Waals surface area contributed by atoms with E-state index in [1.54, 1.807) is 0 Å². The Morgan fingerprint density at radius 3 is 2.58 bits per heavy atom. The second kappa shape index (κ2) is 7.13. The van der Waals surface area contributed by atoms with Crippen LogP contribution in [0.3, 0.4) is 0 Å². The Balaban J connectivity index is 2.71. The van der Waals surface area contributed by atoms with Crippen molar-refractivity contribution in [1.82, 2.24) is 10.2 Å². The van der Waals surface area contributed by atoms with Crippen molar-refractivity contribution in [2.75, 3.05) is 13.7 Å². The van der Waals surface area contributed by atoms with Crippen molar-refractivity contribution in [3.63, 3.8) is 0 Å². The number of esters is 1. The van der Waals surface area contributed by atoms with Crippen molar-refractivity contribution in [3.8, 4) is 0 Å². The molecule has 2 N–H and O–H groups in total. The highest BCUT2D eigenvalue weighted by Gasteiger charge is 2.70. The average molecular weight is 415 g/mol. The molecule has 0 unspecified atom stereocenters. The summed E-state index contributed by atoms with van der Waals surface area (Å²) in [4.78, 5) is 24.5. The molecule has 2 rings (SSSR count). The predicted molar refractivity (Wildman–Crippen MR) is 86.6 cm³/mol. The molecule has 1 aromatic rings. The third-order valence-electron chi connectivity index (χ3n) is 4.14. The Hall–Kier alpha value is -1.71. The maximum Gasteiger partial charge on any atom is 0.437 e. The number of nitrogens with one attached hydrogen (secondary N) is 1. The third-order valence-corrected chi connectivity index (χ3v) is 4.97. The van der Waals surface area contributed by atoms with Crippen LogP contribution in [-0.4, -0.2) is 47.6 Å². The Labute approximate surface area is 156 Å². The van der Waals surface area contributed by atoms with E-state index in [1.807, 2.05) is 0 Å². The molecule has 11 heteroatoms. The van der Waals surface area contributed by atoms with Crippen LogP contribution in [0, 0.1) is 5.92 Å². The Morgan fingerprint density at radius 2 is 2.04 bits per heavy atom. The minimum Gasteiger partial charge on any atom is -0.466 e. The second-order valence-corrected chi connectivity index (χ2v) is 6.37. The van der Waals surface area contributed by atoms with Gasteiger partial charge in [-0.2, -0.15) is 13.2 Å². The maximum atomic E-state index is 13.7. The fraction of sp³-hybridized carbons (Fsp3) is 0.467. The lowest BCUT2D eigenvalue weighted by molar-refractivity contribution is -0.328. The minimum absolute atomic E-state index is 0.00972. The molecule has 1 aliphatic rings. The van der Waals surface area contributed by atoms with E-state index in [2.05, 4.69) is 5.32 Å². The average Bonchev–Trinajstić information content (AvgIpc) is 2.54. The minimum atomic E-state index is -5.35. The van der Waals surface area contributed by atoms with Crippen molar-refractivity contribution in [3.05, 3.63) is 33.8 Å². The molecule has 2 amide bonds. The predicted octanol–water partition coefficient (Wildman–Crippen LogP) is 3.12. The van der Waals surface area contributed by atoms with E-state index in [0.29, 0.717) is 0 Å². The van der Waals surface area contributed by atoms with E-state index in [0.717, 1.165) is 7.05 Å².